The normalized spacial score (nSPS) is 11.3. The van der Waals surface area contributed by atoms with Crippen molar-refractivity contribution in [1.82, 2.24) is 4.57 Å². The van der Waals surface area contributed by atoms with Crippen molar-refractivity contribution in [2.75, 3.05) is 4.90 Å². The van der Waals surface area contributed by atoms with Crippen LogP contribution in [0.2, 0.25) is 0 Å². The van der Waals surface area contributed by atoms with Crippen LogP contribution in [0.15, 0.2) is 267 Å². The van der Waals surface area contributed by atoms with Gasteiger partial charge in [0.25, 0.3) is 0 Å². The van der Waals surface area contributed by atoms with E-state index in [9.17, 15) is 0 Å². The third-order valence-electron chi connectivity index (χ3n) is 12.9. The van der Waals surface area contributed by atoms with Gasteiger partial charge in [0.15, 0.2) is 0 Å². The molecule has 0 bridgehead atoms. The van der Waals surface area contributed by atoms with Gasteiger partial charge < -0.3 is 9.47 Å². The second-order valence-corrected chi connectivity index (χ2v) is 18.0. The second-order valence-electron chi connectivity index (χ2n) is 16.9. The van der Waals surface area contributed by atoms with Gasteiger partial charge in [0, 0.05) is 43.3 Å². The van der Waals surface area contributed by atoms with Crippen molar-refractivity contribution < 1.29 is 0 Å². The number of anilines is 3. The molecule has 0 aliphatic carbocycles. The maximum absolute atomic E-state index is 2.40. The number of fused-ring (bicyclic) bond motifs is 3. The summed E-state index contributed by atoms with van der Waals surface area (Å²) in [7, 11) is 0. The van der Waals surface area contributed by atoms with Crippen LogP contribution >= 0.6 is 11.3 Å². The van der Waals surface area contributed by atoms with Crippen LogP contribution in [0.5, 0.6) is 0 Å². The van der Waals surface area contributed by atoms with E-state index in [1.54, 1.807) is 0 Å². The van der Waals surface area contributed by atoms with Gasteiger partial charge in [0.2, 0.25) is 0 Å². The molecule has 3 heteroatoms. The van der Waals surface area contributed by atoms with Crippen LogP contribution in [-0.2, 0) is 0 Å². The van der Waals surface area contributed by atoms with Crippen molar-refractivity contribution in [2.45, 2.75) is 0 Å². The molecule has 0 amide bonds. The number of thiophene rings is 1. The van der Waals surface area contributed by atoms with Gasteiger partial charge in [-0.1, -0.05) is 188 Å². The monoisotopic (exact) mass is 872 g/mol. The van der Waals surface area contributed by atoms with Crippen LogP contribution in [0.3, 0.4) is 0 Å². The van der Waals surface area contributed by atoms with Crippen LogP contribution < -0.4 is 4.90 Å². The molecule has 2 nitrogen and oxygen atoms in total. The van der Waals surface area contributed by atoms with Crippen molar-refractivity contribution in [3.8, 4) is 71.1 Å². The second kappa shape index (κ2) is 17.5. The molecule has 12 aromatic rings. The summed E-state index contributed by atoms with van der Waals surface area (Å²) >= 11 is 1.84. The molecule has 316 valence electrons. The molecule has 0 aliphatic rings. The molecule has 10 aromatic carbocycles. The quantitative estimate of drug-likeness (QED) is 0.133. The molecule has 0 fully saturated rings. The van der Waals surface area contributed by atoms with Gasteiger partial charge in [0.05, 0.1) is 11.0 Å². The first-order chi connectivity index (χ1) is 33.2. The molecule has 0 N–H and O–H groups in total. The van der Waals surface area contributed by atoms with Crippen LogP contribution in [0.4, 0.5) is 17.1 Å². The lowest BCUT2D eigenvalue weighted by Crippen LogP contribution is -2.09. The van der Waals surface area contributed by atoms with Gasteiger partial charge in [-0.25, -0.2) is 0 Å². The highest BCUT2D eigenvalue weighted by Gasteiger charge is 2.16. The van der Waals surface area contributed by atoms with Crippen molar-refractivity contribution in [2.24, 2.45) is 0 Å². The summed E-state index contributed by atoms with van der Waals surface area (Å²) in [6, 6.07) is 96.6. The number of benzene rings is 10. The summed E-state index contributed by atoms with van der Waals surface area (Å²) < 4.78 is 2.40. The average molecular weight is 873 g/mol. The summed E-state index contributed by atoms with van der Waals surface area (Å²) in [5, 5.41) is 2.49. The Kier molecular flexibility index (Phi) is 10.4. The predicted molar refractivity (Wildman–Crippen MR) is 286 cm³/mol. The van der Waals surface area contributed by atoms with E-state index in [1.165, 1.54) is 87.2 Å². The minimum absolute atomic E-state index is 1.10. The van der Waals surface area contributed by atoms with Gasteiger partial charge >= 0.3 is 0 Å². The van der Waals surface area contributed by atoms with E-state index in [0.29, 0.717) is 0 Å². The number of rotatable bonds is 10. The summed E-state index contributed by atoms with van der Waals surface area (Å²) in [4.78, 5) is 4.91. The standard InChI is InChI=1S/C64H44N2S/c1-4-12-45(13-5-1)47-24-33-55(34-25-47)65(56-35-26-48(27-36-56)46-14-6-2-7-15-46)57-37-28-49(29-38-57)50-30-39-58(40-31-50)66-61-19-11-10-18-59(61)60-44-54(32-41-62(60)66)51-20-22-53(23-21-51)64-43-42-63(67-64)52-16-8-3-9-17-52/h1-44H. The predicted octanol–water partition coefficient (Wildman–Crippen LogP) is 18.3. The number of aromatic nitrogens is 1. The van der Waals surface area contributed by atoms with E-state index in [0.717, 1.165) is 22.7 Å². The van der Waals surface area contributed by atoms with Crippen molar-refractivity contribution in [1.29, 1.82) is 0 Å². The smallest absolute Gasteiger partial charge is 0.0541 e. The molecule has 0 aliphatic heterocycles. The molecule has 0 radical (unpaired) electrons. The number of hydrogen-bond acceptors (Lipinski definition) is 2. The van der Waals surface area contributed by atoms with Crippen LogP contribution in [0, 0.1) is 0 Å². The number of nitrogens with zero attached hydrogens (tertiary/aromatic N) is 2. The van der Waals surface area contributed by atoms with Gasteiger partial charge in [0.1, 0.15) is 0 Å². The highest BCUT2D eigenvalue weighted by Crippen LogP contribution is 2.40. The Morgan fingerprint density at radius 2 is 0.597 bits per heavy atom. The number of para-hydroxylation sites is 1. The average Bonchev–Trinajstić information content (AvgIpc) is 4.04. The van der Waals surface area contributed by atoms with E-state index in [2.05, 4.69) is 276 Å². The summed E-state index contributed by atoms with van der Waals surface area (Å²) in [5.41, 5.74) is 18.9. The SMILES string of the molecule is c1ccc(-c2ccc(N(c3ccc(-c4ccccc4)cc3)c3ccc(-c4ccc(-n5c6ccccc6c6cc(-c7ccc(-c8ccc(-c9ccccc9)s8)cc7)ccc65)cc4)cc3)cc2)cc1. The zero-order valence-corrected chi connectivity index (χ0v) is 37.5. The lowest BCUT2D eigenvalue weighted by Gasteiger charge is -2.26. The Hall–Kier alpha value is -8.50. The Labute approximate surface area is 395 Å². The third kappa shape index (κ3) is 7.82. The van der Waals surface area contributed by atoms with E-state index in [4.69, 9.17) is 0 Å². The Morgan fingerprint density at radius 3 is 1.10 bits per heavy atom. The van der Waals surface area contributed by atoms with Crippen LogP contribution in [0.1, 0.15) is 0 Å². The van der Waals surface area contributed by atoms with Gasteiger partial charge in [-0.3, -0.25) is 0 Å². The molecule has 0 spiro atoms. The third-order valence-corrected chi connectivity index (χ3v) is 14.1. The summed E-state index contributed by atoms with van der Waals surface area (Å²) in [5.74, 6) is 0. The zero-order chi connectivity index (χ0) is 44.5. The van der Waals surface area contributed by atoms with E-state index < -0.39 is 0 Å². The molecule has 2 heterocycles. The summed E-state index contributed by atoms with van der Waals surface area (Å²) in [6.07, 6.45) is 0. The van der Waals surface area contributed by atoms with Crippen LogP contribution in [-0.4, -0.2) is 4.57 Å². The lowest BCUT2D eigenvalue weighted by atomic mass is 10.0. The number of hydrogen-bond donors (Lipinski definition) is 0. The molecule has 0 atom stereocenters. The van der Waals surface area contributed by atoms with Crippen molar-refractivity contribution in [3.05, 3.63) is 267 Å². The Morgan fingerprint density at radius 1 is 0.254 bits per heavy atom. The minimum Gasteiger partial charge on any atom is -0.311 e. The van der Waals surface area contributed by atoms with Gasteiger partial charge in [-0.15, -0.1) is 11.3 Å². The molecule has 67 heavy (non-hydrogen) atoms. The van der Waals surface area contributed by atoms with E-state index >= 15 is 0 Å². The first-order valence-corrected chi connectivity index (χ1v) is 23.6. The van der Waals surface area contributed by atoms with E-state index in [1.807, 2.05) is 11.3 Å². The highest BCUT2D eigenvalue weighted by molar-refractivity contribution is 7.18. The molecule has 2 aromatic heterocycles. The van der Waals surface area contributed by atoms with Crippen LogP contribution in [0.25, 0.3) is 92.9 Å². The fraction of sp³-hybridized carbons (Fsp3) is 0. The molecular weight excluding hydrogens is 829 g/mol. The zero-order valence-electron chi connectivity index (χ0n) is 36.7. The maximum atomic E-state index is 2.40. The maximum Gasteiger partial charge on any atom is 0.0541 e. The molecule has 0 unspecified atom stereocenters. The van der Waals surface area contributed by atoms with Gasteiger partial charge in [-0.05, 0) is 134 Å². The van der Waals surface area contributed by atoms with Crippen molar-refractivity contribution in [3.63, 3.8) is 0 Å². The lowest BCUT2D eigenvalue weighted by molar-refractivity contribution is 1.18. The Balaban J connectivity index is 0.828. The van der Waals surface area contributed by atoms with E-state index in [-0.39, 0.29) is 0 Å². The minimum atomic E-state index is 1.10. The first-order valence-electron chi connectivity index (χ1n) is 22.8. The molecule has 12 rings (SSSR count). The Bertz CT molecular complexity index is 3530. The highest BCUT2D eigenvalue weighted by atomic mass is 32.1. The molecule has 0 saturated carbocycles. The molecule has 0 saturated heterocycles. The fourth-order valence-electron chi connectivity index (χ4n) is 9.43. The fourth-order valence-corrected chi connectivity index (χ4v) is 10.4. The van der Waals surface area contributed by atoms with Gasteiger partial charge in [-0.2, -0.15) is 0 Å². The molecular formula is C64H44N2S. The largest absolute Gasteiger partial charge is 0.311 e. The summed E-state index contributed by atoms with van der Waals surface area (Å²) in [6.45, 7) is 0. The van der Waals surface area contributed by atoms with Crippen molar-refractivity contribution >= 4 is 50.2 Å². The topological polar surface area (TPSA) is 8.17 Å². The first kappa shape index (κ1) is 40.0.